The first-order valence-corrected chi connectivity index (χ1v) is 14.4. The summed E-state index contributed by atoms with van der Waals surface area (Å²) in [5, 5.41) is 4.18. The molecule has 0 aliphatic heterocycles. The third-order valence-corrected chi connectivity index (χ3v) is 8.54. The van der Waals surface area contributed by atoms with Crippen LogP contribution in [0.2, 0.25) is 0 Å². The topological polar surface area (TPSA) is 50.7 Å². The van der Waals surface area contributed by atoms with Crippen molar-refractivity contribution in [2.75, 3.05) is 0 Å². The van der Waals surface area contributed by atoms with Gasteiger partial charge in [-0.3, -0.25) is 4.79 Å². The minimum absolute atomic E-state index is 0.0652. The molecule has 3 aromatic rings. The summed E-state index contributed by atoms with van der Waals surface area (Å²) in [7, 11) is 0. The van der Waals surface area contributed by atoms with E-state index in [2.05, 4.69) is 30.1 Å². The number of nitrogens with zero attached hydrogens (tertiary/aromatic N) is 1. The van der Waals surface area contributed by atoms with E-state index in [1.165, 1.54) is 36.1 Å². The largest absolute Gasteiger partial charge is 0.489 e. The van der Waals surface area contributed by atoms with Crippen LogP contribution in [0.5, 0.6) is 5.75 Å². The number of ether oxygens (including phenoxy) is 1. The SMILES string of the molecule is C=CCc1cc(C=Nc2sc3c(c2C(=O)NC2CCCCC2)CCCC3)ccc1OCc1ccccc1. The fourth-order valence-corrected chi connectivity index (χ4v) is 6.62. The third kappa shape index (κ3) is 6.40. The predicted octanol–water partition coefficient (Wildman–Crippen LogP) is 7.75. The first-order chi connectivity index (χ1) is 18.2. The molecule has 0 radical (unpaired) electrons. The number of carbonyl (C=O) groups is 1. The van der Waals surface area contributed by atoms with Gasteiger partial charge in [0.05, 0.1) is 5.56 Å². The van der Waals surface area contributed by atoms with E-state index in [-0.39, 0.29) is 5.91 Å². The van der Waals surface area contributed by atoms with Crippen molar-refractivity contribution in [1.82, 2.24) is 5.32 Å². The molecule has 192 valence electrons. The summed E-state index contributed by atoms with van der Waals surface area (Å²) in [5.74, 6) is 0.926. The lowest BCUT2D eigenvalue weighted by molar-refractivity contribution is 0.0927. The molecule has 5 heteroatoms. The Morgan fingerprint density at radius 2 is 1.86 bits per heavy atom. The normalized spacial score (nSPS) is 15.9. The zero-order chi connectivity index (χ0) is 25.5. The van der Waals surface area contributed by atoms with Gasteiger partial charge >= 0.3 is 0 Å². The summed E-state index contributed by atoms with van der Waals surface area (Å²) >= 11 is 1.70. The average Bonchev–Trinajstić information content (AvgIpc) is 3.31. The van der Waals surface area contributed by atoms with Crippen LogP contribution in [0.4, 0.5) is 5.00 Å². The highest BCUT2D eigenvalue weighted by Crippen LogP contribution is 2.40. The van der Waals surface area contributed by atoms with Crippen molar-refractivity contribution in [3.63, 3.8) is 0 Å². The van der Waals surface area contributed by atoms with Gasteiger partial charge in [-0.15, -0.1) is 17.9 Å². The first-order valence-electron chi connectivity index (χ1n) is 13.6. The van der Waals surface area contributed by atoms with Gasteiger partial charge in [-0.1, -0.05) is 55.7 Å². The molecule has 2 aromatic carbocycles. The maximum Gasteiger partial charge on any atom is 0.254 e. The van der Waals surface area contributed by atoms with Gasteiger partial charge in [0.25, 0.3) is 5.91 Å². The van der Waals surface area contributed by atoms with Crippen molar-refractivity contribution in [2.45, 2.75) is 76.9 Å². The fraction of sp³-hybridized carbons (Fsp3) is 0.375. The Balaban J connectivity index is 1.37. The summed E-state index contributed by atoms with van der Waals surface area (Å²) in [6.07, 6.45) is 14.7. The molecule has 1 fully saturated rings. The number of amides is 1. The number of allylic oxidation sites excluding steroid dienone is 1. The van der Waals surface area contributed by atoms with E-state index >= 15 is 0 Å². The van der Waals surface area contributed by atoms with Crippen LogP contribution < -0.4 is 10.1 Å². The number of aliphatic imine (C=N–C) groups is 1. The Kier molecular flexibility index (Phi) is 8.52. The van der Waals surface area contributed by atoms with Gasteiger partial charge in [0.15, 0.2) is 0 Å². The van der Waals surface area contributed by atoms with Crippen LogP contribution in [0.25, 0.3) is 0 Å². The lowest BCUT2D eigenvalue weighted by Gasteiger charge is -2.23. The van der Waals surface area contributed by atoms with Gasteiger partial charge in [0.2, 0.25) is 0 Å². The van der Waals surface area contributed by atoms with Crippen molar-refractivity contribution in [3.8, 4) is 5.75 Å². The summed E-state index contributed by atoms with van der Waals surface area (Å²) in [5.41, 5.74) is 5.26. The van der Waals surface area contributed by atoms with Crippen LogP contribution in [-0.4, -0.2) is 18.2 Å². The Morgan fingerprint density at radius 3 is 2.68 bits per heavy atom. The molecule has 0 bridgehead atoms. The Hall–Kier alpha value is -3.18. The maximum atomic E-state index is 13.4. The molecule has 0 saturated heterocycles. The molecular weight excluding hydrogens is 476 g/mol. The Morgan fingerprint density at radius 1 is 1.05 bits per heavy atom. The zero-order valence-electron chi connectivity index (χ0n) is 21.5. The van der Waals surface area contributed by atoms with E-state index in [9.17, 15) is 4.79 Å². The molecule has 0 unspecified atom stereocenters. The second-order valence-corrected chi connectivity index (χ2v) is 11.2. The van der Waals surface area contributed by atoms with Crippen molar-refractivity contribution in [2.24, 2.45) is 4.99 Å². The third-order valence-electron chi connectivity index (χ3n) is 7.34. The number of fused-ring (bicyclic) bond motifs is 1. The number of aryl methyl sites for hydroxylation is 1. The zero-order valence-corrected chi connectivity index (χ0v) is 22.3. The van der Waals surface area contributed by atoms with Gasteiger partial charge in [0.1, 0.15) is 17.4 Å². The van der Waals surface area contributed by atoms with Crippen LogP contribution in [-0.2, 0) is 25.9 Å². The molecular formula is C32H36N2O2S. The molecule has 4 nitrogen and oxygen atoms in total. The number of hydrogen-bond donors (Lipinski definition) is 1. The molecule has 1 aromatic heterocycles. The van der Waals surface area contributed by atoms with Crippen molar-refractivity contribution < 1.29 is 9.53 Å². The van der Waals surface area contributed by atoms with E-state index in [0.717, 1.165) is 65.1 Å². The van der Waals surface area contributed by atoms with Gasteiger partial charge in [0, 0.05) is 17.1 Å². The molecule has 2 aliphatic rings. The fourth-order valence-electron chi connectivity index (χ4n) is 5.39. The van der Waals surface area contributed by atoms with E-state index in [0.29, 0.717) is 19.1 Å². The van der Waals surface area contributed by atoms with Gasteiger partial charge in [-0.25, -0.2) is 4.99 Å². The monoisotopic (exact) mass is 512 g/mol. The summed E-state index contributed by atoms with van der Waals surface area (Å²) < 4.78 is 6.13. The molecule has 2 aliphatic carbocycles. The molecule has 1 heterocycles. The van der Waals surface area contributed by atoms with Crippen LogP contribution in [0.15, 0.2) is 66.2 Å². The van der Waals surface area contributed by atoms with Crippen LogP contribution >= 0.6 is 11.3 Å². The smallest absolute Gasteiger partial charge is 0.254 e. The molecule has 1 amide bonds. The number of benzene rings is 2. The lowest BCUT2D eigenvalue weighted by atomic mass is 9.93. The number of rotatable bonds is 9. The second kappa shape index (κ2) is 12.4. The number of carbonyl (C=O) groups excluding carboxylic acids is 1. The predicted molar refractivity (Wildman–Crippen MR) is 154 cm³/mol. The highest BCUT2D eigenvalue weighted by atomic mass is 32.1. The number of nitrogens with one attached hydrogen (secondary N) is 1. The lowest BCUT2D eigenvalue weighted by Crippen LogP contribution is -2.36. The quantitative estimate of drug-likeness (QED) is 0.235. The minimum atomic E-state index is 0.0652. The molecule has 37 heavy (non-hydrogen) atoms. The van der Waals surface area contributed by atoms with E-state index < -0.39 is 0 Å². The summed E-state index contributed by atoms with van der Waals surface area (Å²) in [6, 6.07) is 16.6. The van der Waals surface area contributed by atoms with Crippen molar-refractivity contribution >= 4 is 28.5 Å². The summed E-state index contributed by atoms with van der Waals surface area (Å²) in [6.45, 7) is 4.45. The second-order valence-electron chi connectivity index (χ2n) is 10.1. The van der Waals surface area contributed by atoms with Gasteiger partial charge in [-0.2, -0.15) is 0 Å². The van der Waals surface area contributed by atoms with E-state index in [1.54, 1.807) is 11.3 Å². The molecule has 5 rings (SSSR count). The molecule has 1 saturated carbocycles. The minimum Gasteiger partial charge on any atom is -0.489 e. The highest BCUT2D eigenvalue weighted by Gasteiger charge is 2.27. The van der Waals surface area contributed by atoms with Crippen molar-refractivity contribution in [1.29, 1.82) is 0 Å². The standard InChI is InChI=1S/C32H36N2O2S/c1-2-11-25-20-24(18-19-28(25)36-22-23-12-5-3-6-13-23)21-33-32-30(27-16-9-10-17-29(27)37-32)31(35)34-26-14-7-4-8-15-26/h2-3,5-6,12-13,18-21,26H,1,4,7-11,14-17,22H2,(H,34,35). The molecule has 0 spiro atoms. The van der Waals surface area contributed by atoms with E-state index in [1.807, 2.05) is 42.6 Å². The van der Waals surface area contributed by atoms with Crippen LogP contribution in [0.1, 0.15) is 82.4 Å². The summed E-state index contributed by atoms with van der Waals surface area (Å²) in [4.78, 5) is 19.7. The van der Waals surface area contributed by atoms with Gasteiger partial charge in [-0.05, 0) is 85.4 Å². The molecule has 0 atom stereocenters. The van der Waals surface area contributed by atoms with Crippen molar-refractivity contribution in [3.05, 3.63) is 93.9 Å². The average molecular weight is 513 g/mol. The Labute approximate surface area is 224 Å². The number of hydrogen-bond acceptors (Lipinski definition) is 4. The van der Waals surface area contributed by atoms with E-state index in [4.69, 9.17) is 9.73 Å². The van der Waals surface area contributed by atoms with Gasteiger partial charge < -0.3 is 10.1 Å². The van der Waals surface area contributed by atoms with Crippen LogP contribution in [0, 0.1) is 0 Å². The Bertz CT molecular complexity index is 1260. The first kappa shape index (κ1) is 25.5. The van der Waals surface area contributed by atoms with Crippen LogP contribution in [0.3, 0.4) is 0 Å². The number of thiophene rings is 1. The molecule has 1 N–H and O–H groups in total. The maximum absolute atomic E-state index is 13.4. The highest BCUT2D eigenvalue weighted by molar-refractivity contribution is 7.16.